The molecule has 110 valence electrons. The molecule has 0 unspecified atom stereocenters. The summed E-state index contributed by atoms with van der Waals surface area (Å²) in [6.07, 6.45) is 9.04. The minimum atomic E-state index is -0.0331. The normalized spacial score (nSPS) is 21.1. The summed E-state index contributed by atoms with van der Waals surface area (Å²) in [7, 11) is 0. The average Bonchev–Trinajstić information content (AvgIpc) is 2.81. The van der Waals surface area contributed by atoms with Gasteiger partial charge in [0.15, 0.2) is 5.78 Å². The molecule has 2 aliphatic carbocycles. The van der Waals surface area contributed by atoms with Crippen molar-refractivity contribution in [3.63, 3.8) is 0 Å². The van der Waals surface area contributed by atoms with E-state index in [4.69, 9.17) is 5.10 Å². The van der Waals surface area contributed by atoms with E-state index in [-0.39, 0.29) is 5.54 Å². The van der Waals surface area contributed by atoms with E-state index in [0.29, 0.717) is 18.1 Å². The maximum absolute atomic E-state index is 12.4. The number of aromatic nitrogens is 2. The Morgan fingerprint density at radius 1 is 1.05 bits per heavy atom. The van der Waals surface area contributed by atoms with Gasteiger partial charge in [0, 0.05) is 12.3 Å². The number of Topliss-reactive ketones (excluding diaryl/α,β-unsaturated/α-hetero) is 1. The van der Waals surface area contributed by atoms with Crippen molar-refractivity contribution < 1.29 is 4.79 Å². The van der Waals surface area contributed by atoms with Crippen LogP contribution in [0.25, 0.3) is 0 Å². The predicted octanol–water partition coefficient (Wildman–Crippen LogP) is 4.20. The van der Waals surface area contributed by atoms with Crippen molar-refractivity contribution in [2.45, 2.75) is 83.6 Å². The van der Waals surface area contributed by atoms with Gasteiger partial charge in [0.25, 0.3) is 0 Å². The molecule has 0 spiro atoms. The van der Waals surface area contributed by atoms with Gasteiger partial charge >= 0.3 is 0 Å². The fourth-order valence-corrected chi connectivity index (χ4v) is 3.76. The number of fused-ring (bicyclic) bond motifs is 1. The summed E-state index contributed by atoms with van der Waals surface area (Å²) in [6.45, 7) is 6.55. The minimum absolute atomic E-state index is 0.0331. The quantitative estimate of drug-likeness (QED) is 0.769. The molecule has 0 saturated heterocycles. The number of hydrogen-bond acceptors (Lipinski definition) is 2. The van der Waals surface area contributed by atoms with Crippen molar-refractivity contribution in [3.8, 4) is 0 Å². The molecule has 1 heterocycles. The van der Waals surface area contributed by atoms with E-state index in [2.05, 4.69) is 25.5 Å². The maximum atomic E-state index is 12.4. The lowest BCUT2D eigenvalue weighted by atomic mass is 9.82. The Hall–Kier alpha value is -1.12. The third-order valence-electron chi connectivity index (χ3n) is 4.73. The van der Waals surface area contributed by atoms with Gasteiger partial charge in [0.2, 0.25) is 0 Å². The Kier molecular flexibility index (Phi) is 3.47. The van der Waals surface area contributed by atoms with Crippen molar-refractivity contribution in [3.05, 3.63) is 17.0 Å². The lowest BCUT2D eigenvalue weighted by molar-refractivity contribution is 0.0969. The number of rotatable bonds is 1. The van der Waals surface area contributed by atoms with Crippen LogP contribution >= 0.6 is 0 Å². The Morgan fingerprint density at radius 2 is 1.75 bits per heavy atom. The van der Waals surface area contributed by atoms with Crippen molar-refractivity contribution in [1.82, 2.24) is 9.78 Å². The van der Waals surface area contributed by atoms with Gasteiger partial charge in [-0.05, 0) is 46.5 Å². The van der Waals surface area contributed by atoms with Crippen LogP contribution in [0.5, 0.6) is 0 Å². The van der Waals surface area contributed by atoms with Crippen molar-refractivity contribution >= 4 is 5.78 Å². The number of hydrogen-bond donors (Lipinski definition) is 0. The summed E-state index contributed by atoms with van der Waals surface area (Å²) in [4.78, 5) is 12.4. The summed E-state index contributed by atoms with van der Waals surface area (Å²) >= 11 is 0. The highest BCUT2D eigenvalue weighted by Gasteiger charge is 2.33. The van der Waals surface area contributed by atoms with Crippen LogP contribution in [-0.2, 0) is 12.0 Å². The molecular formula is C17H26N2O. The summed E-state index contributed by atoms with van der Waals surface area (Å²) in [5.74, 6) is 0.852. The van der Waals surface area contributed by atoms with E-state index in [9.17, 15) is 4.79 Å². The highest BCUT2D eigenvalue weighted by molar-refractivity contribution is 5.99. The van der Waals surface area contributed by atoms with Crippen molar-refractivity contribution in [2.75, 3.05) is 0 Å². The van der Waals surface area contributed by atoms with Crippen molar-refractivity contribution in [2.24, 2.45) is 0 Å². The van der Waals surface area contributed by atoms with Gasteiger partial charge in [0.1, 0.15) is 0 Å². The van der Waals surface area contributed by atoms with Gasteiger partial charge in [-0.3, -0.25) is 9.48 Å². The van der Waals surface area contributed by atoms with E-state index in [1.54, 1.807) is 0 Å². The molecule has 1 fully saturated rings. The van der Waals surface area contributed by atoms with Crippen LogP contribution in [0.4, 0.5) is 0 Å². The first kappa shape index (κ1) is 13.8. The van der Waals surface area contributed by atoms with E-state index in [1.807, 2.05) is 0 Å². The second-order valence-electron chi connectivity index (χ2n) is 7.40. The molecule has 1 aromatic rings. The molecule has 3 rings (SSSR count). The minimum Gasteiger partial charge on any atom is -0.294 e. The topological polar surface area (TPSA) is 34.9 Å². The monoisotopic (exact) mass is 274 g/mol. The second kappa shape index (κ2) is 5.01. The molecule has 20 heavy (non-hydrogen) atoms. The molecule has 0 radical (unpaired) electrons. The molecule has 1 saturated carbocycles. The molecule has 0 atom stereocenters. The smallest absolute Gasteiger partial charge is 0.166 e. The third-order valence-corrected chi connectivity index (χ3v) is 4.73. The van der Waals surface area contributed by atoms with Gasteiger partial charge in [-0.15, -0.1) is 0 Å². The van der Waals surface area contributed by atoms with E-state index in [1.165, 1.54) is 37.8 Å². The van der Waals surface area contributed by atoms with Crippen LogP contribution < -0.4 is 0 Å². The Morgan fingerprint density at radius 3 is 2.40 bits per heavy atom. The molecule has 0 N–H and O–H groups in total. The fraction of sp³-hybridized carbons (Fsp3) is 0.765. The highest BCUT2D eigenvalue weighted by atomic mass is 16.1. The molecule has 3 nitrogen and oxygen atoms in total. The molecule has 1 aromatic heterocycles. The summed E-state index contributed by atoms with van der Waals surface area (Å²) in [5.41, 5.74) is 3.29. The SMILES string of the molecule is CC(C)(C)n1nc(C2CCCCC2)c2c1CCCC2=O. The molecule has 0 aliphatic heterocycles. The highest BCUT2D eigenvalue weighted by Crippen LogP contribution is 2.38. The Labute approximate surface area is 121 Å². The summed E-state index contributed by atoms with van der Waals surface area (Å²) < 4.78 is 2.14. The Bertz CT molecular complexity index is 516. The first-order valence-corrected chi connectivity index (χ1v) is 8.14. The van der Waals surface area contributed by atoms with Crippen LogP contribution in [0.3, 0.4) is 0 Å². The molecule has 2 aliphatic rings. The van der Waals surface area contributed by atoms with E-state index < -0.39 is 0 Å². The number of ketones is 1. The lowest BCUT2D eigenvalue weighted by Gasteiger charge is -2.24. The average molecular weight is 274 g/mol. The molecule has 0 aromatic carbocycles. The zero-order valence-electron chi connectivity index (χ0n) is 13.0. The van der Waals surface area contributed by atoms with Crippen LogP contribution in [0.1, 0.15) is 93.4 Å². The van der Waals surface area contributed by atoms with Gasteiger partial charge in [-0.2, -0.15) is 5.10 Å². The molecule has 0 bridgehead atoms. The zero-order valence-corrected chi connectivity index (χ0v) is 13.0. The largest absolute Gasteiger partial charge is 0.294 e. The van der Waals surface area contributed by atoms with Crippen LogP contribution in [-0.4, -0.2) is 15.6 Å². The van der Waals surface area contributed by atoms with Crippen LogP contribution in [0, 0.1) is 0 Å². The van der Waals surface area contributed by atoms with Gasteiger partial charge in [-0.25, -0.2) is 0 Å². The van der Waals surface area contributed by atoms with Gasteiger partial charge in [-0.1, -0.05) is 19.3 Å². The fourth-order valence-electron chi connectivity index (χ4n) is 3.76. The van der Waals surface area contributed by atoms with Gasteiger partial charge < -0.3 is 0 Å². The van der Waals surface area contributed by atoms with Gasteiger partial charge in [0.05, 0.1) is 22.5 Å². The lowest BCUT2D eigenvalue weighted by Crippen LogP contribution is -2.27. The maximum Gasteiger partial charge on any atom is 0.166 e. The summed E-state index contributed by atoms with van der Waals surface area (Å²) in [6, 6.07) is 0. The molecule has 0 amide bonds. The first-order chi connectivity index (χ1) is 9.48. The number of carbonyl (C=O) groups is 1. The Balaban J connectivity index is 2.09. The molecule has 3 heteroatoms. The predicted molar refractivity (Wildman–Crippen MR) is 80.3 cm³/mol. The molecular weight excluding hydrogens is 248 g/mol. The van der Waals surface area contributed by atoms with Crippen molar-refractivity contribution in [1.29, 1.82) is 0 Å². The first-order valence-electron chi connectivity index (χ1n) is 8.14. The van der Waals surface area contributed by atoms with Crippen LogP contribution in [0.15, 0.2) is 0 Å². The third kappa shape index (κ3) is 2.32. The van der Waals surface area contributed by atoms with E-state index in [0.717, 1.165) is 24.1 Å². The second-order valence-corrected chi connectivity index (χ2v) is 7.40. The number of carbonyl (C=O) groups excluding carboxylic acids is 1. The number of nitrogens with zero attached hydrogens (tertiary/aromatic N) is 2. The van der Waals surface area contributed by atoms with Crippen LogP contribution in [0.2, 0.25) is 0 Å². The standard InChI is InChI=1S/C17H26N2O/c1-17(2,3)19-13-10-7-11-14(20)15(13)16(18-19)12-8-5-4-6-9-12/h12H,4-11H2,1-3H3. The summed E-state index contributed by atoms with van der Waals surface area (Å²) in [5, 5.41) is 4.93. The zero-order chi connectivity index (χ0) is 14.3. The van der Waals surface area contributed by atoms with E-state index >= 15 is 0 Å².